The van der Waals surface area contributed by atoms with Crippen LogP contribution in [-0.2, 0) is 0 Å². The summed E-state index contributed by atoms with van der Waals surface area (Å²) in [6.07, 6.45) is 0. The summed E-state index contributed by atoms with van der Waals surface area (Å²) in [6.45, 7) is 3.74. The predicted octanol–water partition coefficient (Wildman–Crippen LogP) is 2.53. The van der Waals surface area contributed by atoms with Crippen molar-refractivity contribution < 1.29 is 8.78 Å². The van der Waals surface area contributed by atoms with Crippen molar-refractivity contribution in [2.45, 2.75) is 19.9 Å². The molecule has 5 heteroatoms. The fourth-order valence-corrected chi connectivity index (χ4v) is 2.11. The summed E-state index contributed by atoms with van der Waals surface area (Å²) in [6, 6.07) is 7.06. The minimum absolute atomic E-state index is 0.407. The number of nitrogens with two attached hydrogens (primary N) is 1. The average Bonchev–Trinajstić information content (AvgIpc) is 2.33. The fourth-order valence-electron chi connectivity index (χ4n) is 2.11. The molecule has 0 aliphatic rings. The minimum Gasteiger partial charge on any atom is -0.271 e. The lowest BCUT2D eigenvalue weighted by Gasteiger charge is -2.18. The van der Waals surface area contributed by atoms with Crippen molar-refractivity contribution in [3.63, 3.8) is 0 Å². The third-order valence-electron chi connectivity index (χ3n) is 2.88. The van der Waals surface area contributed by atoms with E-state index in [1.54, 1.807) is 0 Å². The summed E-state index contributed by atoms with van der Waals surface area (Å²) < 4.78 is 26.3. The Morgan fingerprint density at radius 2 is 1.63 bits per heavy atom. The summed E-state index contributed by atoms with van der Waals surface area (Å²) in [5.41, 5.74) is 5.73. The maximum atomic E-state index is 13.3. The van der Waals surface area contributed by atoms with Crippen molar-refractivity contribution in [1.29, 1.82) is 0 Å². The SMILES string of the molecule is Cc1cc(C(NN)c2ccc(F)c(F)c2)cc(C)n1. The van der Waals surface area contributed by atoms with Crippen LogP contribution in [0.2, 0.25) is 0 Å². The molecule has 2 aromatic rings. The maximum Gasteiger partial charge on any atom is 0.159 e. The van der Waals surface area contributed by atoms with Crippen molar-refractivity contribution in [2.24, 2.45) is 5.84 Å². The van der Waals surface area contributed by atoms with Crippen LogP contribution >= 0.6 is 0 Å². The molecule has 0 bridgehead atoms. The maximum absolute atomic E-state index is 13.3. The van der Waals surface area contributed by atoms with Crippen molar-refractivity contribution in [1.82, 2.24) is 10.4 Å². The molecule has 0 saturated heterocycles. The molecule has 1 aromatic carbocycles. The highest BCUT2D eigenvalue weighted by atomic mass is 19.2. The molecule has 3 nitrogen and oxygen atoms in total. The van der Waals surface area contributed by atoms with E-state index in [1.165, 1.54) is 6.07 Å². The highest BCUT2D eigenvalue weighted by Gasteiger charge is 2.15. The molecule has 3 N–H and O–H groups in total. The van der Waals surface area contributed by atoms with E-state index in [-0.39, 0.29) is 0 Å². The Balaban J connectivity index is 2.46. The lowest BCUT2D eigenvalue weighted by molar-refractivity contribution is 0.504. The van der Waals surface area contributed by atoms with Crippen molar-refractivity contribution >= 4 is 0 Å². The van der Waals surface area contributed by atoms with Gasteiger partial charge in [0.05, 0.1) is 6.04 Å². The van der Waals surface area contributed by atoms with Gasteiger partial charge < -0.3 is 0 Å². The normalized spacial score (nSPS) is 12.5. The highest BCUT2D eigenvalue weighted by molar-refractivity contribution is 5.33. The van der Waals surface area contributed by atoms with Gasteiger partial charge in [-0.25, -0.2) is 14.2 Å². The number of pyridine rings is 1. The van der Waals surface area contributed by atoms with Gasteiger partial charge in [-0.1, -0.05) is 6.07 Å². The Morgan fingerprint density at radius 3 is 2.16 bits per heavy atom. The molecule has 2 rings (SSSR count). The van der Waals surface area contributed by atoms with Crippen molar-refractivity contribution in [2.75, 3.05) is 0 Å². The van der Waals surface area contributed by atoms with E-state index in [9.17, 15) is 8.78 Å². The molecular weight excluding hydrogens is 248 g/mol. The molecule has 1 heterocycles. The van der Waals surface area contributed by atoms with Gasteiger partial charge in [-0.2, -0.15) is 0 Å². The molecule has 1 atom stereocenters. The summed E-state index contributed by atoms with van der Waals surface area (Å²) in [4.78, 5) is 4.27. The third-order valence-corrected chi connectivity index (χ3v) is 2.88. The zero-order chi connectivity index (χ0) is 14.0. The van der Waals surface area contributed by atoms with E-state index in [1.807, 2.05) is 26.0 Å². The van der Waals surface area contributed by atoms with Gasteiger partial charge in [-0.3, -0.25) is 10.8 Å². The summed E-state index contributed by atoms with van der Waals surface area (Å²) in [5, 5.41) is 0. The summed E-state index contributed by atoms with van der Waals surface area (Å²) in [7, 11) is 0. The molecule has 19 heavy (non-hydrogen) atoms. The molecule has 0 radical (unpaired) electrons. The lowest BCUT2D eigenvalue weighted by Crippen LogP contribution is -2.29. The number of benzene rings is 1. The number of rotatable bonds is 3. The smallest absolute Gasteiger partial charge is 0.159 e. The molecule has 1 aromatic heterocycles. The van der Waals surface area contributed by atoms with E-state index in [4.69, 9.17) is 5.84 Å². The molecule has 0 amide bonds. The highest BCUT2D eigenvalue weighted by Crippen LogP contribution is 2.23. The Hall–Kier alpha value is -1.85. The average molecular weight is 263 g/mol. The Kier molecular flexibility index (Phi) is 3.87. The number of aryl methyl sites for hydroxylation is 2. The third kappa shape index (κ3) is 2.94. The minimum atomic E-state index is -0.889. The molecule has 0 spiro atoms. The first-order valence-electron chi connectivity index (χ1n) is 5.87. The first-order chi connectivity index (χ1) is 9.01. The molecule has 100 valence electrons. The van der Waals surface area contributed by atoms with Crippen LogP contribution < -0.4 is 11.3 Å². The topological polar surface area (TPSA) is 50.9 Å². The monoisotopic (exact) mass is 263 g/mol. The quantitative estimate of drug-likeness (QED) is 0.661. The van der Waals surface area contributed by atoms with Crippen LogP contribution in [0.3, 0.4) is 0 Å². The largest absolute Gasteiger partial charge is 0.271 e. The van der Waals surface area contributed by atoms with Gasteiger partial charge in [0.2, 0.25) is 0 Å². The Morgan fingerprint density at radius 1 is 1.00 bits per heavy atom. The van der Waals surface area contributed by atoms with E-state index in [0.717, 1.165) is 29.1 Å². The van der Waals surface area contributed by atoms with E-state index in [0.29, 0.717) is 5.56 Å². The summed E-state index contributed by atoms with van der Waals surface area (Å²) >= 11 is 0. The number of hydrogen-bond acceptors (Lipinski definition) is 3. The van der Waals surface area contributed by atoms with Crippen LogP contribution in [0, 0.1) is 25.5 Å². The van der Waals surface area contributed by atoms with Crippen molar-refractivity contribution in [3.05, 3.63) is 64.5 Å². The first kappa shape index (κ1) is 13.6. The second-order valence-electron chi connectivity index (χ2n) is 4.46. The van der Waals surface area contributed by atoms with Crippen LogP contribution in [-0.4, -0.2) is 4.98 Å². The lowest BCUT2D eigenvalue weighted by atomic mass is 9.98. The van der Waals surface area contributed by atoms with Gasteiger partial charge in [-0.15, -0.1) is 0 Å². The first-order valence-corrected chi connectivity index (χ1v) is 5.87. The Labute approximate surface area is 110 Å². The molecular formula is C14H15F2N3. The number of halogens is 2. The fraction of sp³-hybridized carbons (Fsp3) is 0.214. The van der Waals surface area contributed by atoms with Gasteiger partial charge in [0, 0.05) is 11.4 Å². The van der Waals surface area contributed by atoms with E-state index in [2.05, 4.69) is 10.4 Å². The second-order valence-corrected chi connectivity index (χ2v) is 4.46. The summed E-state index contributed by atoms with van der Waals surface area (Å²) in [5.74, 6) is 3.78. The number of aromatic nitrogens is 1. The Bertz CT molecular complexity index is 579. The van der Waals surface area contributed by atoms with E-state index >= 15 is 0 Å². The molecule has 0 saturated carbocycles. The molecule has 0 fully saturated rings. The van der Waals surface area contributed by atoms with Gasteiger partial charge in [0.25, 0.3) is 0 Å². The van der Waals surface area contributed by atoms with Crippen molar-refractivity contribution in [3.8, 4) is 0 Å². The molecule has 0 aliphatic carbocycles. The number of nitrogens with zero attached hydrogens (tertiary/aromatic N) is 1. The van der Waals surface area contributed by atoms with Gasteiger partial charge >= 0.3 is 0 Å². The van der Waals surface area contributed by atoms with E-state index < -0.39 is 17.7 Å². The van der Waals surface area contributed by atoms with Gasteiger partial charge in [0.15, 0.2) is 11.6 Å². The van der Waals surface area contributed by atoms with Crippen LogP contribution in [0.15, 0.2) is 30.3 Å². The second kappa shape index (κ2) is 5.42. The number of hydrazine groups is 1. The van der Waals surface area contributed by atoms with Crippen LogP contribution in [0.4, 0.5) is 8.78 Å². The standard InChI is InChI=1S/C14H15F2N3/c1-8-5-11(6-9(2)18-8)14(19-17)10-3-4-12(15)13(16)7-10/h3-7,14,19H,17H2,1-2H3. The zero-order valence-electron chi connectivity index (χ0n) is 10.7. The zero-order valence-corrected chi connectivity index (χ0v) is 10.7. The molecule has 0 aliphatic heterocycles. The van der Waals surface area contributed by atoms with Gasteiger partial charge in [0.1, 0.15) is 0 Å². The number of nitrogens with one attached hydrogen (secondary N) is 1. The van der Waals surface area contributed by atoms with Crippen LogP contribution in [0.5, 0.6) is 0 Å². The number of hydrogen-bond donors (Lipinski definition) is 2. The van der Waals surface area contributed by atoms with Gasteiger partial charge in [-0.05, 0) is 49.2 Å². The predicted molar refractivity (Wildman–Crippen MR) is 69.2 cm³/mol. The van der Waals surface area contributed by atoms with Crippen LogP contribution in [0.25, 0.3) is 0 Å². The van der Waals surface area contributed by atoms with Crippen LogP contribution in [0.1, 0.15) is 28.6 Å². The molecule has 1 unspecified atom stereocenters.